The molecule has 0 aliphatic heterocycles. The molecule has 152 valence electrons. The lowest BCUT2D eigenvalue weighted by Gasteiger charge is -2.10. The number of hydrogen-bond donors (Lipinski definition) is 3. The monoisotopic (exact) mass is 416 g/mol. The van der Waals surface area contributed by atoms with Gasteiger partial charge in [-0.05, 0) is 18.2 Å². The molecule has 2 rings (SSSR count). The molecule has 0 saturated heterocycles. The van der Waals surface area contributed by atoms with Gasteiger partial charge < -0.3 is 25.2 Å². The van der Waals surface area contributed by atoms with E-state index >= 15 is 0 Å². The van der Waals surface area contributed by atoms with Crippen molar-refractivity contribution in [1.29, 1.82) is 0 Å². The number of carbonyl (C=O) groups is 3. The maximum Gasteiger partial charge on any atom is 0.328 e. The summed E-state index contributed by atoms with van der Waals surface area (Å²) in [5.41, 5.74) is 1.05. The summed E-state index contributed by atoms with van der Waals surface area (Å²) in [7, 11) is 3.05. The molecule has 0 spiro atoms. The fourth-order valence-electron chi connectivity index (χ4n) is 2.22. The third-order valence-electron chi connectivity index (χ3n) is 3.48. The number of nitrogens with one attached hydrogen (secondary N) is 2. The summed E-state index contributed by atoms with van der Waals surface area (Å²) in [6.45, 7) is 0. The Morgan fingerprint density at radius 1 is 0.966 bits per heavy atom. The molecule has 0 saturated carbocycles. The van der Waals surface area contributed by atoms with Crippen LogP contribution >= 0.6 is 11.8 Å². The molecule has 0 aromatic heterocycles. The first kappa shape index (κ1) is 21.8. The molecule has 2 aromatic rings. The number of rotatable bonds is 9. The minimum absolute atomic E-state index is 0.149. The molecule has 0 aliphatic carbocycles. The van der Waals surface area contributed by atoms with Crippen LogP contribution in [-0.2, 0) is 14.4 Å². The molecule has 9 heteroatoms. The highest BCUT2D eigenvalue weighted by Crippen LogP contribution is 2.26. The highest BCUT2D eigenvalue weighted by molar-refractivity contribution is 8.00. The van der Waals surface area contributed by atoms with Crippen molar-refractivity contribution in [3.05, 3.63) is 54.6 Å². The van der Waals surface area contributed by atoms with Gasteiger partial charge in [-0.15, -0.1) is 11.8 Å². The summed E-state index contributed by atoms with van der Waals surface area (Å²) < 4.78 is 10.4. The summed E-state index contributed by atoms with van der Waals surface area (Å²) in [6.07, 6.45) is 1.68. The predicted molar refractivity (Wildman–Crippen MR) is 111 cm³/mol. The number of carbonyl (C=O) groups excluding carboxylic acids is 2. The zero-order valence-corrected chi connectivity index (χ0v) is 16.6. The van der Waals surface area contributed by atoms with Crippen molar-refractivity contribution >= 4 is 40.9 Å². The van der Waals surface area contributed by atoms with Crippen molar-refractivity contribution in [1.82, 2.24) is 0 Å². The summed E-state index contributed by atoms with van der Waals surface area (Å²) in [4.78, 5) is 35.1. The molecule has 0 atom stereocenters. The van der Waals surface area contributed by atoms with Crippen LogP contribution in [0.3, 0.4) is 0 Å². The van der Waals surface area contributed by atoms with Gasteiger partial charge in [0.15, 0.2) is 0 Å². The van der Waals surface area contributed by atoms with Crippen molar-refractivity contribution in [2.75, 3.05) is 30.6 Å². The van der Waals surface area contributed by atoms with Crippen LogP contribution in [0, 0.1) is 0 Å². The first-order chi connectivity index (χ1) is 13.9. The van der Waals surface area contributed by atoms with Crippen molar-refractivity contribution < 1.29 is 29.0 Å². The number of carboxylic acid groups (broad SMARTS) is 1. The van der Waals surface area contributed by atoms with Crippen LogP contribution in [0.2, 0.25) is 0 Å². The molecule has 2 aromatic carbocycles. The van der Waals surface area contributed by atoms with E-state index in [0.717, 1.165) is 17.0 Å². The SMILES string of the molecule is COc1cc(NC(=O)CSc2cccc(NC(=O)/C=C/C(=O)O)c2)cc(OC)c1. The van der Waals surface area contributed by atoms with Crippen molar-refractivity contribution in [3.8, 4) is 11.5 Å². The molecule has 8 nitrogen and oxygen atoms in total. The van der Waals surface area contributed by atoms with Crippen LogP contribution < -0.4 is 20.1 Å². The molecule has 0 radical (unpaired) electrons. The fourth-order valence-corrected chi connectivity index (χ4v) is 2.98. The lowest BCUT2D eigenvalue weighted by molar-refractivity contribution is -0.131. The number of amides is 2. The van der Waals surface area contributed by atoms with Gasteiger partial charge in [0.25, 0.3) is 0 Å². The molecule has 0 bridgehead atoms. The Morgan fingerprint density at radius 2 is 1.66 bits per heavy atom. The van der Waals surface area contributed by atoms with E-state index in [-0.39, 0.29) is 11.7 Å². The lowest BCUT2D eigenvalue weighted by Crippen LogP contribution is -2.14. The molecule has 3 N–H and O–H groups in total. The summed E-state index contributed by atoms with van der Waals surface area (Å²) in [5.74, 6) is -0.705. The third kappa shape index (κ3) is 7.59. The molecule has 29 heavy (non-hydrogen) atoms. The molecule has 0 aliphatic rings. The maximum absolute atomic E-state index is 12.2. The Kier molecular flexibility index (Phi) is 8.11. The van der Waals surface area contributed by atoms with Gasteiger partial charge in [0.1, 0.15) is 11.5 Å². The van der Waals surface area contributed by atoms with Crippen LogP contribution in [0.1, 0.15) is 0 Å². The van der Waals surface area contributed by atoms with E-state index < -0.39 is 11.9 Å². The minimum Gasteiger partial charge on any atom is -0.497 e. The Morgan fingerprint density at radius 3 is 2.28 bits per heavy atom. The summed E-state index contributed by atoms with van der Waals surface area (Å²) in [6, 6.07) is 12.0. The molecule has 0 heterocycles. The van der Waals surface area contributed by atoms with Crippen LogP contribution in [0.15, 0.2) is 59.5 Å². The van der Waals surface area contributed by atoms with Gasteiger partial charge in [-0.1, -0.05) is 6.07 Å². The zero-order chi connectivity index (χ0) is 21.2. The van der Waals surface area contributed by atoms with Crippen LogP contribution in [0.25, 0.3) is 0 Å². The van der Waals surface area contributed by atoms with E-state index in [2.05, 4.69) is 10.6 Å². The number of anilines is 2. The largest absolute Gasteiger partial charge is 0.497 e. The molecular formula is C20H20N2O6S. The van der Waals surface area contributed by atoms with E-state index in [9.17, 15) is 14.4 Å². The Hall–Kier alpha value is -3.46. The normalized spacial score (nSPS) is 10.4. The van der Waals surface area contributed by atoms with Gasteiger partial charge in [-0.2, -0.15) is 0 Å². The zero-order valence-electron chi connectivity index (χ0n) is 15.8. The van der Waals surface area contributed by atoms with Gasteiger partial charge in [0.05, 0.1) is 20.0 Å². The van der Waals surface area contributed by atoms with Crippen LogP contribution in [-0.4, -0.2) is 42.9 Å². The number of ether oxygens (including phenoxy) is 2. The average Bonchev–Trinajstić information content (AvgIpc) is 2.70. The van der Waals surface area contributed by atoms with Gasteiger partial charge >= 0.3 is 5.97 Å². The molecule has 0 unspecified atom stereocenters. The minimum atomic E-state index is -1.20. The van der Waals surface area contributed by atoms with Crippen LogP contribution in [0.4, 0.5) is 11.4 Å². The predicted octanol–water partition coefficient (Wildman–Crippen LogP) is 3.01. The smallest absolute Gasteiger partial charge is 0.328 e. The number of hydrogen-bond acceptors (Lipinski definition) is 6. The Bertz CT molecular complexity index is 907. The third-order valence-corrected chi connectivity index (χ3v) is 4.48. The second kappa shape index (κ2) is 10.8. The van der Waals surface area contributed by atoms with E-state index in [1.165, 1.54) is 26.0 Å². The van der Waals surface area contributed by atoms with Gasteiger partial charge in [0.2, 0.25) is 11.8 Å². The molecule has 0 fully saturated rings. The standard InChI is InChI=1S/C20H20N2O6S/c1-27-15-8-14(9-16(11-15)28-2)22-19(24)12-29-17-5-3-4-13(10-17)21-18(23)6-7-20(25)26/h3-11H,12H2,1-2H3,(H,21,23)(H,22,24)(H,25,26)/b7-6+. The highest BCUT2D eigenvalue weighted by Gasteiger charge is 2.08. The maximum atomic E-state index is 12.2. The Balaban J connectivity index is 1.93. The number of methoxy groups -OCH3 is 2. The van der Waals surface area contributed by atoms with E-state index in [0.29, 0.717) is 22.9 Å². The number of benzene rings is 2. The lowest BCUT2D eigenvalue weighted by atomic mass is 10.2. The number of thioether (sulfide) groups is 1. The first-order valence-electron chi connectivity index (χ1n) is 8.37. The van der Waals surface area contributed by atoms with Crippen molar-refractivity contribution in [2.45, 2.75) is 4.90 Å². The highest BCUT2D eigenvalue weighted by atomic mass is 32.2. The summed E-state index contributed by atoms with van der Waals surface area (Å²) >= 11 is 1.29. The fraction of sp³-hybridized carbons (Fsp3) is 0.150. The second-order valence-electron chi connectivity index (χ2n) is 5.63. The van der Waals surface area contributed by atoms with Crippen molar-refractivity contribution in [2.24, 2.45) is 0 Å². The summed E-state index contributed by atoms with van der Waals surface area (Å²) in [5, 5.41) is 13.9. The molecule has 2 amide bonds. The average molecular weight is 416 g/mol. The molecular weight excluding hydrogens is 396 g/mol. The second-order valence-corrected chi connectivity index (χ2v) is 6.68. The first-order valence-corrected chi connectivity index (χ1v) is 9.36. The van der Waals surface area contributed by atoms with Gasteiger partial charge in [-0.3, -0.25) is 9.59 Å². The Labute approximate surface area is 171 Å². The number of carboxylic acids is 1. The number of aliphatic carboxylic acids is 1. The van der Waals surface area contributed by atoms with Gasteiger partial charge in [0, 0.05) is 46.6 Å². The van der Waals surface area contributed by atoms with E-state index in [1.54, 1.807) is 42.5 Å². The van der Waals surface area contributed by atoms with Crippen molar-refractivity contribution in [3.63, 3.8) is 0 Å². The van der Waals surface area contributed by atoms with Gasteiger partial charge in [-0.25, -0.2) is 4.79 Å². The van der Waals surface area contributed by atoms with E-state index in [4.69, 9.17) is 14.6 Å². The quantitative estimate of drug-likeness (QED) is 0.425. The topological polar surface area (TPSA) is 114 Å². The van der Waals surface area contributed by atoms with Crippen LogP contribution in [0.5, 0.6) is 11.5 Å². The van der Waals surface area contributed by atoms with E-state index in [1.807, 2.05) is 0 Å².